The molecule has 0 atom stereocenters. The molecule has 6 heteroatoms. The van der Waals surface area contributed by atoms with Crippen molar-refractivity contribution in [1.29, 1.82) is 5.26 Å². The number of carbonyl (C=O) groups is 1. The van der Waals surface area contributed by atoms with E-state index in [1.165, 1.54) is 0 Å². The van der Waals surface area contributed by atoms with Crippen LogP contribution in [0.4, 0.5) is 10.5 Å². The summed E-state index contributed by atoms with van der Waals surface area (Å²) in [5.41, 5.74) is 6.26. The minimum atomic E-state index is 0.0137. The van der Waals surface area contributed by atoms with Crippen molar-refractivity contribution in [1.82, 2.24) is 14.5 Å². The number of hydrogen-bond donors (Lipinski definition) is 0. The van der Waals surface area contributed by atoms with Crippen LogP contribution in [0.2, 0.25) is 0 Å². The van der Waals surface area contributed by atoms with Crippen LogP contribution in [0.5, 0.6) is 0 Å². The molecule has 0 bridgehead atoms. The van der Waals surface area contributed by atoms with Crippen LogP contribution in [0.15, 0.2) is 30.3 Å². The Bertz CT molecular complexity index is 1120. The van der Waals surface area contributed by atoms with Crippen molar-refractivity contribution >= 4 is 22.6 Å². The second-order valence-electron chi connectivity index (χ2n) is 7.08. The number of fused-ring (bicyclic) bond motifs is 1. The molecule has 1 saturated heterocycles. The standard InChI is InChI=1S/C21H21N5O/c1-13-9-19(18-10-16(12-22)25(4)14(18)2)23-20-11-15(5-6-17(13)20)26-8-7-24(3)21(26)27/h5-6,9-11H,7-8H2,1-4H3. The summed E-state index contributed by atoms with van der Waals surface area (Å²) in [6.07, 6.45) is 0. The zero-order valence-electron chi connectivity index (χ0n) is 15.9. The first-order chi connectivity index (χ1) is 12.9. The smallest absolute Gasteiger partial charge is 0.324 e. The third kappa shape index (κ3) is 2.63. The number of hydrogen-bond acceptors (Lipinski definition) is 3. The van der Waals surface area contributed by atoms with Crippen LogP contribution in [-0.2, 0) is 7.05 Å². The fraction of sp³-hybridized carbons (Fsp3) is 0.286. The molecule has 0 saturated carbocycles. The summed E-state index contributed by atoms with van der Waals surface area (Å²) in [7, 11) is 3.70. The zero-order chi connectivity index (χ0) is 19.3. The van der Waals surface area contributed by atoms with Gasteiger partial charge in [0.05, 0.1) is 11.2 Å². The van der Waals surface area contributed by atoms with Crippen LogP contribution in [0.25, 0.3) is 22.2 Å². The van der Waals surface area contributed by atoms with E-state index in [-0.39, 0.29) is 6.03 Å². The minimum absolute atomic E-state index is 0.0137. The van der Waals surface area contributed by atoms with Gasteiger partial charge in [0.1, 0.15) is 11.8 Å². The van der Waals surface area contributed by atoms with Gasteiger partial charge in [0.15, 0.2) is 0 Å². The molecule has 2 amide bonds. The molecule has 0 aliphatic carbocycles. The molecule has 0 radical (unpaired) electrons. The van der Waals surface area contributed by atoms with Crippen LogP contribution in [-0.4, -0.2) is 40.6 Å². The van der Waals surface area contributed by atoms with Crippen molar-refractivity contribution < 1.29 is 4.79 Å². The van der Waals surface area contributed by atoms with E-state index in [0.29, 0.717) is 12.2 Å². The first kappa shape index (κ1) is 17.1. The maximum Gasteiger partial charge on any atom is 0.324 e. The van der Waals surface area contributed by atoms with Crippen LogP contribution in [0.1, 0.15) is 17.0 Å². The molecule has 0 N–H and O–H groups in total. The molecule has 2 aromatic heterocycles. The summed E-state index contributed by atoms with van der Waals surface area (Å²) in [4.78, 5) is 20.7. The molecular weight excluding hydrogens is 338 g/mol. The highest BCUT2D eigenvalue weighted by Gasteiger charge is 2.26. The number of pyridine rings is 1. The van der Waals surface area contributed by atoms with Gasteiger partial charge < -0.3 is 9.47 Å². The fourth-order valence-electron chi connectivity index (χ4n) is 3.65. The molecule has 1 aromatic carbocycles. The lowest BCUT2D eigenvalue weighted by Gasteiger charge is -2.17. The third-order valence-electron chi connectivity index (χ3n) is 5.45. The average Bonchev–Trinajstić information content (AvgIpc) is 3.14. The topological polar surface area (TPSA) is 65.2 Å². The Balaban J connectivity index is 1.85. The van der Waals surface area contributed by atoms with E-state index in [1.807, 2.05) is 49.9 Å². The van der Waals surface area contributed by atoms with Gasteiger partial charge >= 0.3 is 6.03 Å². The highest BCUT2D eigenvalue weighted by molar-refractivity contribution is 5.97. The van der Waals surface area contributed by atoms with Gasteiger partial charge in [-0.1, -0.05) is 6.07 Å². The van der Waals surface area contributed by atoms with Crippen molar-refractivity contribution in [2.45, 2.75) is 13.8 Å². The van der Waals surface area contributed by atoms with E-state index in [4.69, 9.17) is 4.98 Å². The summed E-state index contributed by atoms with van der Waals surface area (Å²) in [6.45, 7) is 5.46. The number of aryl methyl sites for hydroxylation is 1. The van der Waals surface area contributed by atoms with Gasteiger partial charge in [-0.15, -0.1) is 0 Å². The van der Waals surface area contributed by atoms with Gasteiger partial charge in [-0.25, -0.2) is 9.78 Å². The number of likely N-dealkylation sites (N-methyl/N-ethyl adjacent to an activating group) is 1. The number of rotatable bonds is 2. The molecule has 4 rings (SSSR count). The summed E-state index contributed by atoms with van der Waals surface area (Å²) >= 11 is 0. The number of aromatic nitrogens is 2. The van der Waals surface area contributed by atoms with Crippen molar-refractivity contribution in [3.8, 4) is 17.3 Å². The normalized spacial score (nSPS) is 14.3. The molecule has 136 valence electrons. The molecule has 0 unspecified atom stereocenters. The number of benzene rings is 1. The summed E-state index contributed by atoms with van der Waals surface area (Å²) in [5.74, 6) is 0. The number of nitriles is 1. The molecule has 1 fully saturated rings. The quantitative estimate of drug-likeness (QED) is 0.702. The molecule has 6 nitrogen and oxygen atoms in total. The van der Waals surface area contributed by atoms with Crippen LogP contribution in [0, 0.1) is 25.2 Å². The first-order valence-corrected chi connectivity index (χ1v) is 8.91. The monoisotopic (exact) mass is 359 g/mol. The lowest BCUT2D eigenvalue weighted by Crippen LogP contribution is -2.29. The van der Waals surface area contributed by atoms with Crippen molar-refractivity contribution in [2.24, 2.45) is 7.05 Å². The zero-order valence-corrected chi connectivity index (χ0v) is 15.9. The highest BCUT2D eigenvalue weighted by atomic mass is 16.2. The van der Waals surface area contributed by atoms with Gasteiger partial charge in [-0.2, -0.15) is 5.26 Å². The first-order valence-electron chi connectivity index (χ1n) is 8.91. The summed E-state index contributed by atoms with van der Waals surface area (Å²) < 4.78 is 1.88. The third-order valence-corrected chi connectivity index (χ3v) is 5.45. The van der Waals surface area contributed by atoms with E-state index in [1.54, 1.807) is 9.80 Å². The lowest BCUT2D eigenvalue weighted by atomic mass is 10.0. The van der Waals surface area contributed by atoms with E-state index in [2.05, 4.69) is 19.1 Å². The van der Waals surface area contributed by atoms with Gasteiger partial charge in [-0.05, 0) is 43.7 Å². The number of urea groups is 1. The average molecular weight is 359 g/mol. The van der Waals surface area contributed by atoms with E-state index >= 15 is 0 Å². The molecule has 1 aliphatic rings. The van der Waals surface area contributed by atoms with E-state index < -0.39 is 0 Å². The van der Waals surface area contributed by atoms with E-state index in [0.717, 1.165) is 45.6 Å². The number of anilines is 1. The second-order valence-corrected chi connectivity index (χ2v) is 7.08. The highest BCUT2D eigenvalue weighted by Crippen LogP contribution is 2.31. The van der Waals surface area contributed by atoms with E-state index in [9.17, 15) is 10.1 Å². The Morgan fingerprint density at radius 1 is 1.11 bits per heavy atom. The molecule has 1 aliphatic heterocycles. The Labute approximate surface area is 158 Å². The summed E-state index contributed by atoms with van der Waals surface area (Å²) in [6, 6.07) is 12.2. The van der Waals surface area contributed by atoms with Gasteiger partial charge in [0.2, 0.25) is 0 Å². The van der Waals surface area contributed by atoms with Gasteiger partial charge in [0, 0.05) is 49.5 Å². The molecule has 3 aromatic rings. The van der Waals surface area contributed by atoms with Crippen molar-refractivity contribution in [3.05, 3.63) is 47.3 Å². The number of carbonyl (C=O) groups excluding carboxylic acids is 1. The van der Waals surface area contributed by atoms with Crippen LogP contribution in [0.3, 0.4) is 0 Å². The van der Waals surface area contributed by atoms with Gasteiger partial charge in [0.25, 0.3) is 0 Å². The van der Waals surface area contributed by atoms with Crippen molar-refractivity contribution in [3.63, 3.8) is 0 Å². The Kier molecular flexibility index (Phi) is 3.88. The Morgan fingerprint density at radius 2 is 1.89 bits per heavy atom. The SMILES string of the molecule is Cc1cc(-c2cc(C#N)n(C)c2C)nc2cc(N3CCN(C)C3=O)ccc12. The Hall–Kier alpha value is -3.33. The minimum Gasteiger partial charge on any atom is -0.339 e. The molecule has 27 heavy (non-hydrogen) atoms. The molecule has 3 heterocycles. The van der Waals surface area contributed by atoms with Crippen LogP contribution < -0.4 is 4.90 Å². The predicted molar refractivity (Wildman–Crippen MR) is 106 cm³/mol. The predicted octanol–water partition coefficient (Wildman–Crippen LogP) is 3.60. The maximum atomic E-state index is 12.3. The lowest BCUT2D eigenvalue weighted by molar-refractivity contribution is 0.229. The number of nitrogens with zero attached hydrogens (tertiary/aromatic N) is 5. The molecule has 0 spiro atoms. The van der Waals surface area contributed by atoms with Gasteiger partial charge in [-0.3, -0.25) is 4.90 Å². The second kappa shape index (κ2) is 6.13. The summed E-state index contributed by atoms with van der Waals surface area (Å²) in [5, 5.41) is 10.4. The number of amides is 2. The maximum absolute atomic E-state index is 12.3. The fourth-order valence-corrected chi connectivity index (χ4v) is 3.65. The Morgan fingerprint density at radius 3 is 2.52 bits per heavy atom. The molecular formula is C21H21N5O. The largest absolute Gasteiger partial charge is 0.339 e. The van der Waals surface area contributed by atoms with Crippen molar-refractivity contribution in [2.75, 3.05) is 25.0 Å². The van der Waals surface area contributed by atoms with Crippen LogP contribution >= 0.6 is 0 Å².